The van der Waals surface area contributed by atoms with Crippen LogP contribution in [0.2, 0.25) is 5.02 Å². The van der Waals surface area contributed by atoms with E-state index >= 15 is 0 Å². The summed E-state index contributed by atoms with van der Waals surface area (Å²) in [5, 5.41) is 3.67. The molecule has 3 aromatic carbocycles. The Bertz CT molecular complexity index is 911. The zero-order chi connectivity index (χ0) is 19.9. The van der Waals surface area contributed by atoms with Crippen molar-refractivity contribution in [2.45, 2.75) is 13.2 Å². The number of nitrogens with one attached hydrogen (secondary N) is 1. The molecule has 0 aliphatic carbocycles. The van der Waals surface area contributed by atoms with Crippen LogP contribution in [0.25, 0.3) is 0 Å². The number of hydrogen-bond donors (Lipinski definition) is 1. The Morgan fingerprint density at radius 2 is 1.71 bits per heavy atom. The number of methoxy groups -OCH3 is 2. The standard InChI is InChI=1S/C22H21ClFNO3/c1-26-17-9-7-16(8-10-17)25-13-15-6-11-21(22(12-15)27-2)28-14-18-19(23)4-3-5-20(18)24/h3-12,25H,13-14H2,1-2H3. The molecule has 1 N–H and O–H groups in total. The molecule has 3 rings (SSSR count). The maximum Gasteiger partial charge on any atom is 0.161 e. The second-order valence-electron chi connectivity index (χ2n) is 6.06. The van der Waals surface area contributed by atoms with Gasteiger partial charge in [0.1, 0.15) is 18.2 Å². The molecule has 6 heteroatoms. The number of rotatable bonds is 8. The van der Waals surface area contributed by atoms with Gasteiger partial charge in [0, 0.05) is 17.8 Å². The molecule has 4 nitrogen and oxygen atoms in total. The van der Waals surface area contributed by atoms with E-state index in [0.717, 1.165) is 17.0 Å². The van der Waals surface area contributed by atoms with Crippen molar-refractivity contribution in [1.82, 2.24) is 0 Å². The number of ether oxygens (including phenoxy) is 3. The van der Waals surface area contributed by atoms with Crippen LogP contribution < -0.4 is 19.5 Å². The van der Waals surface area contributed by atoms with Crippen molar-refractivity contribution < 1.29 is 18.6 Å². The lowest BCUT2D eigenvalue weighted by atomic mass is 10.2. The minimum Gasteiger partial charge on any atom is -0.497 e. The van der Waals surface area contributed by atoms with Gasteiger partial charge in [0.2, 0.25) is 0 Å². The Hall–Kier alpha value is -2.92. The van der Waals surface area contributed by atoms with Gasteiger partial charge in [0.25, 0.3) is 0 Å². The fraction of sp³-hybridized carbons (Fsp3) is 0.182. The summed E-state index contributed by atoms with van der Waals surface area (Å²) in [6, 6.07) is 17.9. The monoisotopic (exact) mass is 401 g/mol. The fourth-order valence-electron chi connectivity index (χ4n) is 2.67. The fourth-order valence-corrected chi connectivity index (χ4v) is 2.89. The Kier molecular flexibility index (Phi) is 6.61. The summed E-state index contributed by atoms with van der Waals surface area (Å²) >= 11 is 6.05. The van der Waals surface area contributed by atoms with E-state index in [1.807, 2.05) is 36.4 Å². The Morgan fingerprint density at radius 3 is 2.39 bits per heavy atom. The van der Waals surface area contributed by atoms with Crippen LogP contribution in [0, 0.1) is 5.82 Å². The zero-order valence-electron chi connectivity index (χ0n) is 15.7. The maximum absolute atomic E-state index is 13.9. The van der Waals surface area contributed by atoms with Crippen LogP contribution in [0.3, 0.4) is 0 Å². The molecular formula is C22H21ClFNO3. The molecule has 0 fully saturated rings. The molecule has 0 unspecified atom stereocenters. The molecule has 0 spiro atoms. The molecule has 0 aromatic heterocycles. The van der Waals surface area contributed by atoms with Crippen LogP contribution in [0.15, 0.2) is 60.7 Å². The largest absolute Gasteiger partial charge is 0.497 e. The van der Waals surface area contributed by atoms with Crippen molar-refractivity contribution in [2.75, 3.05) is 19.5 Å². The van der Waals surface area contributed by atoms with E-state index in [1.54, 1.807) is 32.4 Å². The van der Waals surface area contributed by atoms with Crippen molar-refractivity contribution in [1.29, 1.82) is 0 Å². The minimum atomic E-state index is -0.397. The summed E-state index contributed by atoms with van der Waals surface area (Å²) in [7, 11) is 3.21. The summed E-state index contributed by atoms with van der Waals surface area (Å²) < 4.78 is 30.2. The van der Waals surface area contributed by atoms with Crippen molar-refractivity contribution in [2.24, 2.45) is 0 Å². The van der Waals surface area contributed by atoms with Crippen molar-refractivity contribution in [3.63, 3.8) is 0 Å². The number of halogens is 2. The highest BCUT2D eigenvalue weighted by Crippen LogP contribution is 2.30. The van der Waals surface area contributed by atoms with E-state index in [2.05, 4.69) is 5.32 Å². The molecule has 0 bridgehead atoms. The Morgan fingerprint density at radius 1 is 0.929 bits per heavy atom. The van der Waals surface area contributed by atoms with Crippen LogP contribution in [0.4, 0.5) is 10.1 Å². The summed E-state index contributed by atoms with van der Waals surface area (Å²) in [6.07, 6.45) is 0. The number of hydrogen-bond acceptors (Lipinski definition) is 4. The summed E-state index contributed by atoms with van der Waals surface area (Å²) in [6.45, 7) is 0.632. The van der Waals surface area contributed by atoms with Gasteiger partial charge in [-0.3, -0.25) is 0 Å². The minimum absolute atomic E-state index is 0.0192. The molecule has 0 saturated heterocycles. The first-order valence-corrected chi connectivity index (χ1v) is 9.09. The van der Waals surface area contributed by atoms with E-state index in [1.165, 1.54) is 6.07 Å². The van der Waals surface area contributed by atoms with E-state index < -0.39 is 5.82 Å². The Labute approximate surface area is 168 Å². The second kappa shape index (κ2) is 9.33. The summed E-state index contributed by atoms with van der Waals surface area (Å²) in [4.78, 5) is 0. The summed E-state index contributed by atoms with van der Waals surface area (Å²) in [5.74, 6) is 1.51. The predicted molar refractivity (Wildman–Crippen MR) is 109 cm³/mol. The number of anilines is 1. The van der Waals surface area contributed by atoms with Gasteiger partial charge in [-0.1, -0.05) is 23.7 Å². The third kappa shape index (κ3) is 4.87. The highest BCUT2D eigenvalue weighted by atomic mass is 35.5. The SMILES string of the molecule is COc1ccc(NCc2ccc(OCc3c(F)cccc3Cl)c(OC)c2)cc1. The predicted octanol–water partition coefficient (Wildman–Crippen LogP) is 5.69. The molecule has 0 saturated carbocycles. The van der Waals surface area contributed by atoms with Crippen LogP contribution in [-0.2, 0) is 13.2 Å². The maximum atomic E-state index is 13.9. The molecule has 146 valence electrons. The van der Waals surface area contributed by atoms with E-state index in [4.69, 9.17) is 25.8 Å². The smallest absolute Gasteiger partial charge is 0.161 e. The molecule has 0 heterocycles. The molecular weight excluding hydrogens is 381 g/mol. The molecule has 0 aliphatic rings. The summed E-state index contributed by atoms with van der Waals surface area (Å²) in [5.41, 5.74) is 2.31. The topological polar surface area (TPSA) is 39.7 Å². The quantitative estimate of drug-likeness (QED) is 0.526. The highest BCUT2D eigenvalue weighted by molar-refractivity contribution is 6.31. The zero-order valence-corrected chi connectivity index (χ0v) is 16.4. The average Bonchev–Trinajstić information content (AvgIpc) is 2.72. The van der Waals surface area contributed by atoms with Gasteiger partial charge in [0.15, 0.2) is 11.5 Å². The van der Waals surface area contributed by atoms with Gasteiger partial charge in [-0.25, -0.2) is 4.39 Å². The van der Waals surface area contributed by atoms with Crippen molar-refractivity contribution >= 4 is 17.3 Å². The molecule has 0 aliphatic heterocycles. The number of benzene rings is 3. The molecule has 0 radical (unpaired) electrons. The lowest BCUT2D eigenvalue weighted by Gasteiger charge is -2.14. The van der Waals surface area contributed by atoms with Crippen molar-refractivity contribution in [3.8, 4) is 17.2 Å². The Balaban J connectivity index is 1.66. The normalized spacial score (nSPS) is 10.4. The lowest BCUT2D eigenvalue weighted by molar-refractivity contribution is 0.279. The highest BCUT2D eigenvalue weighted by Gasteiger charge is 2.11. The molecule has 28 heavy (non-hydrogen) atoms. The van der Waals surface area contributed by atoms with Gasteiger partial charge >= 0.3 is 0 Å². The van der Waals surface area contributed by atoms with Crippen LogP contribution in [-0.4, -0.2) is 14.2 Å². The third-order valence-electron chi connectivity index (χ3n) is 4.25. The van der Waals surface area contributed by atoms with E-state index in [9.17, 15) is 4.39 Å². The van der Waals surface area contributed by atoms with Crippen LogP contribution in [0.1, 0.15) is 11.1 Å². The van der Waals surface area contributed by atoms with E-state index in [-0.39, 0.29) is 6.61 Å². The van der Waals surface area contributed by atoms with Gasteiger partial charge in [0.05, 0.1) is 19.2 Å². The van der Waals surface area contributed by atoms with Crippen molar-refractivity contribution in [3.05, 3.63) is 82.6 Å². The average molecular weight is 402 g/mol. The third-order valence-corrected chi connectivity index (χ3v) is 4.60. The second-order valence-corrected chi connectivity index (χ2v) is 6.46. The van der Waals surface area contributed by atoms with Crippen LogP contribution >= 0.6 is 11.6 Å². The van der Waals surface area contributed by atoms with E-state index in [0.29, 0.717) is 28.6 Å². The van der Waals surface area contributed by atoms with Gasteiger partial charge in [-0.15, -0.1) is 0 Å². The van der Waals surface area contributed by atoms with Gasteiger partial charge in [-0.05, 0) is 54.1 Å². The first-order valence-electron chi connectivity index (χ1n) is 8.71. The van der Waals surface area contributed by atoms with Gasteiger partial charge < -0.3 is 19.5 Å². The van der Waals surface area contributed by atoms with Crippen LogP contribution in [0.5, 0.6) is 17.2 Å². The first-order chi connectivity index (χ1) is 13.6. The molecule has 0 amide bonds. The molecule has 0 atom stereocenters. The molecule has 3 aromatic rings. The van der Waals surface area contributed by atoms with Gasteiger partial charge in [-0.2, -0.15) is 0 Å². The lowest BCUT2D eigenvalue weighted by Crippen LogP contribution is -2.03. The first kappa shape index (κ1) is 19.8.